The summed E-state index contributed by atoms with van der Waals surface area (Å²) in [5.74, 6) is 1.21. The van der Waals surface area contributed by atoms with Crippen LogP contribution in [0.25, 0.3) is 34.3 Å². The van der Waals surface area contributed by atoms with Crippen LogP contribution in [0.4, 0.5) is 5.82 Å². The largest absolute Gasteiger partial charge is 0.383 e. The van der Waals surface area contributed by atoms with Crippen LogP contribution in [0.15, 0.2) is 55.2 Å². The minimum Gasteiger partial charge on any atom is -0.383 e. The Hall–Kier alpha value is -3.47. The Morgan fingerprint density at radius 2 is 1.93 bits per heavy atom. The molecule has 3 heterocycles. The van der Waals surface area contributed by atoms with Gasteiger partial charge in [-0.1, -0.05) is 12.6 Å². The maximum atomic E-state index is 6.17. The van der Waals surface area contributed by atoms with Gasteiger partial charge in [0.05, 0.1) is 11.3 Å². The summed E-state index contributed by atoms with van der Waals surface area (Å²) in [5, 5.41) is 0. The number of nitrogens with two attached hydrogens (primary N) is 1. The van der Waals surface area contributed by atoms with Crippen molar-refractivity contribution >= 4 is 23.1 Å². The number of fused-ring (bicyclic) bond motifs is 2. The Labute approximate surface area is 157 Å². The van der Waals surface area contributed by atoms with Crippen LogP contribution < -0.4 is 5.73 Å². The first-order chi connectivity index (χ1) is 13.2. The molecule has 5 rings (SSSR count). The fourth-order valence-electron chi connectivity index (χ4n) is 3.81. The third-order valence-electron chi connectivity index (χ3n) is 5.15. The monoisotopic (exact) mass is 353 g/mol. The van der Waals surface area contributed by atoms with Crippen molar-refractivity contribution in [3.63, 3.8) is 0 Å². The molecule has 0 spiro atoms. The van der Waals surface area contributed by atoms with Crippen molar-refractivity contribution in [1.82, 2.24) is 19.5 Å². The van der Waals surface area contributed by atoms with Gasteiger partial charge in [-0.2, -0.15) is 0 Å². The first-order valence-electron chi connectivity index (χ1n) is 9.09. The molecule has 4 aromatic rings. The highest BCUT2D eigenvalue weighted by molar-refractivity contribution is 5.83. The lowest BCUT2D eigenvalue weighted by Crippen LogP contribution is -2.03. The topological polar surface area (TPSA) is 69.6 Å². The molecule has 0 atom stereocenters. The van der Waals surface area contributed by atoms with Gasteiger partial charge in [0.25, 0.3) is 0 Å². The predicted molar refractivity (Wildman–Crippen MR) is 109 cm³/mol. The first-order valence-corrected chi connectivity index (χ1v) is 9.09. The average Bonchev–Trinajstić information content (AvgIpc) is 3.31. The molecule has 3 aromatic heterocycles. The van der Waals surface area contributed by atoms with E-state index in [1.807, 2.05) is 24.3 Å². The zero-order valence-corrected chi connectivity index (χ0v) is 14.9. The highest BCUT2D eigenvalue weighted by Gasteiger charge is 2.19. The molecule has 0 amide bonds. The third kappa shape index (κ3) is 2.51. The fraction of sp³-hybridized carbons (Fsp3) is 0.136. The second kappa shape index (κ2) is 6.06. The summed E-state index contributed by atoms with van der Waals surface area (Å²) in [6, 6.07) is 14.3. The van der Waals surface area contributed by atoms with E-state index in [9.17, 15) is 0 Å². The number of pyridine rings is 2. The van der Waals surface area contributed by atoms with Crippen molar-refractivity contribution in [2.45, 2.75) is 19.3 Å². The molecule has 27 heavy (non-hydrogen) atoms. The molecule has 0 aliphatic heterocycles. The lowest BCUT2D eigenvalue weighted by molar-refractivity contribution is 0.911. The first kappa shape index (κ1) is 15.8. The smallest absolute Gasteiger partial charge is 0.165 e. The molecule has 1 aliphatic rings. The molecule has 0 unspecified atom stereocenters. The summed E-state index contributed by atoms with van der Waals surface area (Å²) in [6.07, 6.45) is 6.92. The molecule has 1 aromatic carbocycles. The van der Waals surface area contributed by atoms with Crippen LogP contribution in [0.1, 0.15) is 23.2 Å². The highest BCUT2D eigenvalue weighted by Crippen LogP contribution is 2.32. The molecule has 0 fully saturated rings. The molecule has 0 saturated heterocycles. The summed E-state index contributed by atoms with van der Waals surface area (Å²) >= 11 is 0. The molecule has 5 nitrogen and oxygen atoms in total. The van der Waals surface area contributed by atoms with E-state index in [1.54, 1.807) is 12.3 Å². The fourth-order valence-corrected chi connectivity index (χ4v) is 3.81. The molecular formula is C22H19N5. The van der Waals surface area contributed by atoms with Gasteiger partial charge in [0.2, 0.25) is 0 Å². The standard InChI is InChI=1S/C22H19N5/c1-2-16-9-11-19-22(25-16)27(17-10-8-14-5-3-6-15(14)13-17)21(26-19)18-7-4-12-24-20(18)23/h2,4,7-13H,1,3,5-6H2,(H2,23,24). The zero-order valence-electron chi connectivity index (χ0n) is 14.9. The van der Waals surface area contributed by atoms with E-state index in [1.165, 1.54) is 17.5 Å². The molecule has 2 N–H and O–H groups in total. The molecule has 0 saturated carbocycles. The van der Waals surface area contributed by atoms with Gasteiger partial charge in [-0.25, -0.2) is 15.0 Å². The number of aryl methyl sites for hydroxylation is 2. The van der Waals surface area contributed by atoms with E-state index in [2.05, 4.69) is 34.3 Å². The van der Waals surface area contributed by atoms with Crippen molar-refractivity contribution in [3.8, 4) is 17.1 Å². The quantitative estimate of drug-likeness (QED) is 0.599. The number of hydrogen-bond acceptors (Lipinski definition) is 4. The van der Waals surface area contributed by atoms with Crippen LogP contribution in [0.2, 0.25) is 0 Å². The molecular weight excluding hydrogens is 334 g/mol. The van der Waals surface area contributed by atoms with Gasteiger partial charge in [0, 0.05) is 11.9 Å². The maximum absolute atomic E-state index is 6.17. The Morgan fingerprint density at radius 3 is 2.78 bits per heavy atom. The van der Waals surface area contributed by atoms with Gasteiger partial charge in [-0.15, -0.1) is 0 Å². The Morgan fingerprint density at radius 1 is 1.04 bits per heavy atom. The number of nitrogens with zero attached hydrogens (tertiary/aromatic N) is 4. The Bertz CT molecular complexity index is 1190. The number of benzene rings is 1. The van der Waals surface area contributed by atoms with Gasteiger partial charge >= 0.3 is 0 Å². The van der Waals surface area contributed by atoms with Crippen molar-refractivity contribution < 1.29 is 0 Å². The van der Waals surface area contributed by atoms with E-state index in [0.29, 0.717) is 5.82 Å². The number of nitrogen functional groups attached to an aromatic ring is 1. The van der Waals surface area contributed by atoms with Gasteiger partial charge in [0.15, 0.2) is 11.5 Å². The minimum absolute atomic E-state index is 0.458. The van der Waals surface area contributed by atoms with Crippen molar-refractivity contribution in [2.24, 2.45) is 0 Å². The summed E-state index contributed by atoms with van der Waals surface area (Å²) in [4.78, 5) is 13.8. The Balaban J connectivity index is 1.84. The van der Waals surface area contributed by atoms with E-state index in [0.717, 1.165) is 46.8 Å². The van der Waals surface area contributed by atoms with E-state index in [4.69, 9.17) is 15.7 Å². The number of aromatic nitrogens is 4. The van der Waals surface area contributed by atoms with Crippen LogP contribution in [0.3, 0.4) is 0 Å². The van der Waals surface area contributed by atoms with Crippen LogP contribution in [0, 0.1) is 0 Å². The van der Waals surface area contributed by atoms with Gasteiger partial charge in [0.1, 0.15) is 11.3 Å². The van der Waals surface area contributed by atoms with E-state index in [-0.39, 0.29) is 0 Å². The number of hydrogen-bond donors (Lipinski definition) is 1. The van der Waals surface area contributed by atoms with Crippen molar-refractivity contribution in [3.05, 3.63) is 72.1 Å². The SMILES string of the molecule is C=Cc1ccc2nc(-c3cccnc3N)n(-c3ccc4c(c3)CCC4)c2n1. The Kier molecular flexibility index (Phi) is 3.53. The van der Waals surface area contributed by atoms with Crippen molar-refractivity contribution in [1.29, 1.82) is 0 Å². The molecule has 0 bridgehead atoms. The summed E-state index contributed by atoms with van der Waals surface area (Å²) in [5.41, 5.74) is 13.3. The predicted octanol–water partition coefficient (Wildman–Crippen LogP) is 4.20. The van der Waals surface area contributed by atoms with Crippen LogP contribution in [0.5, 0.6) is 0 Å². The number of rotatable bonds is 3. The zero-order chi connectivity index (χ0) is 18.4. The normalized spacial score (nSPS) is 13.0. The number of imidazole rings is 1. The summed E-state index contributed by atoms with van der Waals surface area (Å²) in [7, 11) is 0. The number of anilines is 1. The van der Waals surface area contributed by atoms with Gasteiger partial charge in [-0.05, 0) is 72.9 Å². The molecule has 132 valence electrons. The highest BCUT2D eigenvalue weighted by atomic mass is 15.1. The van der Waals surface area contributed by atoms with Crippen LogP contribution in [-0.4, -0.2) is 19.5 Å². The third-order valence-corrected chi connectivity index (χ3v) is 5.15. The maximum Gasteiger partial charge on any atom is 0.165 e. The van der Waals surface area contributed by atoms with Crippen LogP contribution in [-0.2, 0) is 12.8 Å². The average molecular weight is 353 g/mol. The van der Waals surface area contributed by atoms with E-state index >= 15 is 0 Å². The molecule has 5 heteroatoms. The summed E-state index contributed by atoms with van der Waals surface area (Å²) in [6.45, 7) is 3.84. The minimum atomic E-state index is 0.458. The van der Waals surface area contributed by atoms with Crippen molar-refractivity contribution in [2.75, 3.05) is 5.73 Å². The van der Waals surface area contributed by atoms with E-state index < -0.39 is 0 Å². The molecule has 0 radical (unpaired) electrons. The van der Waals surface area contributed by atoms with Gasteiger partial charge < -0.3 is 5.73 Å². The van der Waals surface area contributed by atoms with Crippen LogP contribution >= 0.6 is 0 Å². The second-order valence-electron chi connectivity index (χ2n) is 6.80. The lowest BCUT2D eigenvalue weighted by atomic mass is 10.1. The lowest BCUT2D eigenvalue weighted by Gasteiger charge is -2.12. The molecule has 1 aliphatic carbocycles. The second-order valence-corrected chi connectivity index (χ2v) is 6.80. The van der Waals surface area contributed by atoms with Gasteiger partial charge in [-0.3, -0.25) is 4.57 Å². The summed E-state index contributed by atoms with van der Waals surface area (Å²) < 4.78 is 2.08.